The molecule has 1 amide bonds. The van der Waals surface area contributed by atoms with Crippen LogP contribution in [0.3, 0.4) is 0 Å². The molecule has 1 aliphatic heterocycles. The first-order valence-electron chi connectivity index (χ1n) is 8.89. The molecule has 1 saturated heterocycles. The van der Waals surface area contributed by atoms with Crippen molar-refractivity contribution in [1.29, 1.82) is 0 Å². The molecule has 0 aliphatic carbocycles. The van der Waals surface area contributed by atoms with Gasteiger partial charge in [0, 0.05) is 31.2 Å². The van der Waals surface area contributed by atoms with E-state index in [-0.39, 0.29) is 11.9 Å². The summed E-state index contributed by atoms with van der Waals surface area (Å²) in [6.45, 7) is 7.79. The molecule has 0 bridgehead atoms. The van der Waals surface area contributed by atoms with Gasteiger partial charge >= 0.3 is 0 Å². The molecule has 0 unspecified atom stereocenters. The molecule has 0 spiro atoms. The van der Waals surface area contributed by atoms with Gasteiger partial charge in [-0.3, -0.25) is 4.79 Å². The van der Waals surface area contributed by atoms with E-state index in [1.807, 2.05) is 27.9 Å². The number of nitrogens with one attached hydrogen (secondary N) is 2. The lowest BCUT2D eigenvalue weighted by molar-refractivity contribution is -0.937. The second-order valence-electron chi connectivity index (χ2n) is 7.54. The Morgan fingerprint density at radius 1 is 1.28 bits per heavy atom. The van der Waals surface area contributed by atoms with Gasteiger partial charge in [-0.25, -0.2) is 0 Å². The molecule has 1 heterocycles. The number of halogens is 1. The third-order valence-electron chi connectivity index (χ3n) is 4.86. The molecule has 0 radical (unpaired) electrons. The number of carbonyl (C=O) groups is 1. The van der Waals surface area contributed by atoms with Crippen LogP contribution >= 0.6 is 11.6 Å². The predicted octanol–water partition coefficient (Wildman–Crippen LogP) is 1.09. The van der Waals surface area contributed by atoms with Gasteiger partial charge in [0.15, 0.2) is 0 Å². The third-order valence-corrected chi connectivity index (χ3v) is 5.52. The summed E-state index contributed by atoms with van der Waals surface area (Å²) >= 11 is 5.93. The van der Waals surface area contributed by atoms with Crippen molar-refractivity contribution in [2.75, 3.05) is 57.7 Å². The maximum atomic E-state index is 12.4. The van der Waals surface area contributed by atoms with Gasteiger partial charge in [-0.05, 0) is 26.0 Å². The Morgan fingerprint density at radius 3 is 2.40 bits per heavy atom. The third kappa shape index (κ3) is 5.33. The minimum Gasteiger partial charge on any atom is -0.378 e. The van der Waals surface area contributed by atoms with Crippen molar-refractivity contribution in [2.45, 2.75) is 19.9 Å². The lowest BCUT2D eigenvalue weighted by Crippen LogP contribution is -3.15. The second-order valence-corrected chi connectivity index (χ2v) is 7.80. The number of nitrogens with zero attached hydrogens (tertiary/aromatic N) is 1. The molecule has 1 fully saturated rings. The summed E-state index contributed by atoms with van der Waals surface area (Å²) in [6, 6.07) is 8.82. The van der Waals surface area contributed by atoms with E-state index in [0.29, 0.717) is 12.4 Å². The summed E-state index contributed by atoms with van der Waals surface area (Å²) < 4.78 is 5.50. The van der Waals surface area contributed by atoms with E-state index in [2.05, 4.69) is 34.5 Å². The van der Waals surface area contributed by atoms with E-state index in [9.17, 15) is 4.79 Å². The van der Waals surface area contributed by atoms with Crippen LogP contribution in [-0.4, -0.2) is 58.7 Å². The molecule has 2 rings (SSSR count). The highest BCUT2D eigenvalue weighted by atomic mass is 35.5. The summed E-state index contributed by atoms with van der Waals surface area (Å²) in [7, 11) is 4.07. The van der Waals surface area contributed by atoms with Crippen LogP contribution in [0.15, 0.2) is 24.3 Å². The topological polar surface area (TPSA) is 46.0 Å². The summed E-state index contributed by atoms with van der Waals surface area (Å²) in [5.41, 5.74) is 1.86. The van der Waals surface area contributed by atoms with Crippen LogP contribution in [-0.2, 0) is 9.53 Å². The fraction of sp³-hybridized carbons (Fsp3) is 0.632. The van der Waals surface area contributed by atoms with Crippen molar-refractivity contribution in [3.05, 3.63) is 29.8 Å². The van der Waals surface area contributed by atoms with Crippen LogP contribution in [0, 0.1) is 5.41 Å². The monoisotopic (exact) mass is 368 g/mol. The Morgan fingerprint density at radius 2 is 1.88 bits per heavy atom. The van der Waals surface area contributed by atoms with Gasteiger partial charge < -0.3 is 19.9 Å². The Kier molecular flexibility index (Phi) is 7.11. The van der Waals surface area contributed by atoms with Gasteiger partial charge in [-0.2, -0.15) is 0 Å². The first kappa shape index (κ1) is 20.0. The molecule has 6 heteroatoms. The molecular weight excluding hydrogens is 338 g/mol. The molecule has 25 heavy (non-hydrogen) atoms. The zero-order valence-corrected chi connectivity index (χ0v) is 16.5. The van der Waals surface area contributed by atoms with Crippen molar-refractivity contribution >= 4 is 23.2 Å². The standard InChI is InChI=1S/C19H30ClN3O2/c1-19(2,14-20)18(24)21-13-17(23-9-11-25-12-10-23)15-5-7-16(8-6-15)22(3)4/h5-8,17H,9-14H2,1-4H3,(H,21,24)/p+1/t17-/m1/s1. The molecule has 2 N–H and O–H groups in total. The van der Waals surface area contributed by atoms with Gasteiger partial charge in [0.2, 0.25) is 5.91 Å². The van der Waals surface area contributed by atoms with Crippen LogP contribution in [0.1, 0.15) is 25.5 Å². The predicted molar refractivity (Wildman–Crippen MR) is 103 cm³/mol. The number of carbonyl (C=O) groups excluding carboxylic acids is 1. The fourth-order valence-electron chi connectivity index (χ4n) is 2.98. The number of rotatable bonds is 7. The average molecular weight is 369 g/mol. The number of hydrogen-bond acceptors (Lipinski definition) is 3. The summed E-state index contributed by atoms with van der Waals surface area (Å²) in [6.07, 6.45) is 0. The molecule has 1 aromatic carbocycles. The molecule has 0 aromatic heterocycles. The van der Waals surface area contributed by atoms with Crippen molar-refractivity contribution in [3.63, 3.8) is 0 Å². The van der Waals surface area contributed by atoms with Crippen LogP contribution < -0.4 is 15.1 Å². The number of quaternary nitrogens is 1. The lowest BCUT2D eigenvalue weighted by Gasteiger charge is -2.33. The van der Waals surface area contributed by atoms with Crippen molar-refractivity contribution in [3.8, 4) is 0 Å². The van der Waals surface area contributed by atoms with Crippen molar-refractivity contribution < 1.29 is 14.4 Å². The van der Waals surface area contributed by atoms with Crippen molar-refractivity contribution in [2.24, 2.45) is 5.41 Å². The van der Waals surface area contributed by atoms with E-state index in [1.165, 1.54) is 16.2 Å². The first-order valence-corrected chi connectivity index (χ1v) is 9.42. The van der Waals surface area contributed by atoms with Crippen LogP contribution in [0.25, 0.3) is 0 Å². The van der Waals surface area contributed by atoms with E-state index in [4.69, 9.17) is 16.3 Å². The van der Waals surface area contributed by atoms with Gasteiger partial charge in [0.25, 0.3) is 0 Å². The van der Waals surface area contributed by atoms with E-state index in [0.717, 1.165) is 26.3 Å². The minimum atomic E-state index is -0.554. The number of hydrogen-bond donors (Lipinski definition) is 2. The number of alkyl halides is 1. The number of benzene rings is 1. The number of amides is 1. The largest absolute Gasteiger partial charge is 0.378 e. The summed E-state index contributed by atoms with van der Waals surface area (Å²) in [5, 5.41) is 3.11. The Hall–Kier alpha value is -1.30. The zero-order valence-electron chi connectivity index (χ0n) is 15.8. The average Bonchev–Trinajstić information content (AvgIpc) is 2.63. The number of anilines is 1. The van der Waals surface area contributed by atoms with E-state index < -0.39 is 5.41 Å². The smallest absolute Gasteiger partial charge is 0.227 e. The Labute approximate surface area is 156 Å². The van der Waals surface area contributed by atoms with Crippen LogP contribution in [0.5, 0.6) is 0 Å². The van der Waals surface area contributed by atoms with E-state index in [1.54, 1.807) is 0 Å². The second kappa shape index (κ2) is 8.88. The highest BCUT2D eigenvalue weighted by molar-refractivity contribution is 6.19. The molecule has 1 aromatic rings. The molecule has 1 aliphatic rings. The Balaban J connectivity index is 2.14. The maximum Gasteiger partial charge on any atom is 0.227 e. The van der Waals surface area contributed by atoms with Crippen LogP contribution in [0.2, 0.25) is 0 Å². The Bertz CT molecular complexity index is 554. The SMILES string of the molecule is CN(C)c1ccc([C@@H](CNC(=O)C(C)(C)CCl)[NH+]2CCOCC2)cc1. The normalized spacial score (nSPS) is 17.2. The molecule has 140 valence electrons. The molecule has 1 atom stereocenters. The van der Waals surface area contributed by atoms with Gasteiger partial charge in [-0.1, -0.05) is 12.1 Å². The highest BCUT2D eigenvalue weighted by Crippen LogP contribution is 2.19. The molecular formula is C19H31ClN3O2+. The molecule has 0 saturated carbocycles. The van der Waals surface area contributed by atoms with Crippen molar-refractivity contribution in [1.82, 2.24) is 5.32 Å². The minimum absolute atomic E-state index is 0.00470. The lowest BCUT2D eigenvalue weighted by atomic mass is 9.95. The number of ether oxygens (including phenoxy) is 1. The quantitative estimate of drug-likeness (QED) is 0.708. The summed E-state index contributed by atoms with van der Waals surface area (Å²) in [5.74, 6) is 0.316. The number of morpholine rings is 1. The van der Waals surface area contributed by atoms with Gasteiger partial charge in [0.05, 0.1) is 25.2 Å². The van der Waals surface area contributed by atoms with Gasteiger partial charge in [-0.15, -0.1) is 11.6 Å². The van der Waals surface area contributed by atoms with Crippen LogP contribution in [0.4, 0.5) is 5.69 Å². The van der Waals surface area contributed by atoms with Gasteiger partial charge in [0.1, 0.15) is 19.1 Å². The fourth-order valence-corrected chi connectivity index (χ4v) is 3.10. The zero-order chi connectivity index (χ0) is 18.4. The molecule has 5 nitrogen and oxygen atoms in total. The maximum absolute atomic E-state index is 12.4. The highest BCUT2D eigenvalue weighted by Gasteiger charge is 2.30. The first-order chi connectivity index (χ1) is 11.8. The van der Waals surface area contributed by atoms with E-state index >= 15 is 0 Å². The summed E-state index contributed by atoms with van der Waals surface area (Å²) in [4.78, 5) is 16.0.